The van der Waals surface area contributed by atoms with Gasteiger partial charge in [-0.25, -0.2) is 4.98 Å². The number of thiophene rings is 1. The van der Waals surface area contributed by atoms with Gasteiger partial charge in [-0.2, -0.15) is 0 Å². The van der Waals surface area contributed by atoms with Gasteiger partial charge in [-0.15, -0.1) is 11.3 Å². The standard InChI is InChI=1S/C13H13N3O2S/c1-4-7-5(2)19-13-8(7)10-9(12(18)16-13)11(17)15-6(3)14-10/h4H2,1-3H3,(H,16,18)(H,14,15,17). The zero-order valence-electron chi connectivity index (χ0n) is 10.9. The van der Waals surface area contributed by atoms with E-state index < -0.39 is 0 Å². The first kappa shape index (κ1) is 12.1. The molecule has 0 saturated carbocycles. The summed E-state index contributed by atoms with van der Waals surface area (Å²) >= 11 is 1.54. The lowest BCUT2D eigenvalue weighted by atomic mass is 10.1. The molecule has 0 bridgehead atoms. The van der Waals surface area contributed by atoms with Crippen molar-refractivity contribution in [1.29, 1.82) is 0 Å². The summed E-state index contributed by atoms with van der Waals surface area (Å²) in [5.74, 6) is 0.523. The first-order valence-electron chi connectivity index (χ1n) is 6.07. The number of fused-ring (bicyclic) bond motifs is 3. The molecule has 2 N–H and O–H groups in total. The first-order valence-corrected chi connectivity index (χ1v) is 6.89. The summed E-state index contributed by atoms with van der Waals surface area (Å²) in [6.07, 6.45) is 0.848. The highest BCUT2D eigenvalue weighted by Crippen LogP contribution is 2.32. The Hall–Kier alpha value is -1.95. The van der Waals surface area contributed by atoms with Crippen LogP contribution in [0.25, 0.3) is 21.1 Å². The van der Waals surface area contributed by atoms with Crippen LogP contribution in [0.15, 0.2) is 9.59 Å². The number of pyridine rings is 1. The van der Waals surface area contributed by atoms with Gasteiger partial charge in [-0.1, -0.05) is 6.92 Å². The number of hydrogen-bond donors (Lipinski definition) is 2. The van der Waals surface area contributed by atoms with Crippen LogP contribution in [0.5, 0.6) is 0 Å². The minimum absolute atomic E-state index is 0.116. The summed E-state index contributed by atoms with van der Waals surface area (Å²) in [6, 6.07) is 0. The number of H-pyrrole nitrogens is 2. The highest BCUT2D eigenvalue weighted by atomic mass is 32.1. The van der Waals surface area contributed by atoms with Gasteiger partial charge in [0.05, 0.1) is 5.52 Å². The predicted molar refractivity (Wildman–Crippen MR) is 77.2 cm³/mol. The summed E-state index contributed by atoms with van der Waals surface area (Å²) in [5, 5.41) is 1.03. The van der Waals surface area contributed by atoms with E-state index in [1.165, 1.54) is 11.3 Å². The number of rotatable bonds is 1. The van der Waals surface area contributed by atoms with E-state index in [9.17, 15) is 9.59 Å². The Morgan fingerprint density at radius 2 is 1.79 bits per heavy atom. The molecule has 0 radical (unpaired) electrons. The van der Waals surface area contributed by atoms with E-state index in [1.807, 2.05) is 6.92 Å². The van der Waals surface area contributed by atoms with Gasteiger partial charge in [0.15, 0.2) is 0 Å². The zero-order chi connectivity index (χ0) is 13.7. The van der Waals surface area contributed by atoms with Gasteiger partial charge >= 0.3 is 0 Å². The van der Waals surface area contributed by atoms with E-state index in [-0.39, 0.29) is 16.5 Å². The summed E-state index contributed by atoms with van der Waals surface area (Å²) in [5.41, 5.74) is 0.914. The van der Waals surface area contributed by atoms with E-state index >= 15 is 0 Å². The number of aromatic nitrogens is 3. The van der Waals surface area contributed by atoms with Crippen molar-refractivity contribution in [2.24, 2.45) is 0 Å². The van der Waals surface area contributed by atoms with Crippen molar-refractivity contribution in [2.75, 3.05) is 0 Å². The molecular weight excluding hydrogens is 262 g/mol. The number of nitrogens with zero attached hydrogens (tertiary/aromatic N) is 1. The molecule has 98 valence electrons. The molecule has 5 nitrogen and oxygen atoms in total. The van der Waals surface area contributed by atoms with E-state index in [0.717, 1.165) is 27.1 Å². The van der Waals surface area contributed by atoms with Crippen molar-refractivity contribution in [3.63, 3.8) is 0 Å². The molecule has 0 fully saturated rings. The summed E-state index contributed by atoms with van der Waals surface area (Å²) in [4.78, 5) is 35.7. The highest BCUT2D eigenvalue weighted by molar-refractivity contribution is 7.18. The van der Waals surface area contributed by atoms with E-state index in [4.69, 9.17) is 0 Å². The lowest BCUT2D eigenvalue weighted by Gasteiger charge is -2.02. The topological polar surface area (TPSA) is 78.6 Å². The zero-order valence-corrected chi connectivity index (χ0v) is 11.7. The molecule has 0 atom stereocenters. The largest absolute Gasteiger partial charge is 0.313 e. The highest BCUT2D eigenvalue weighted by Gasteiger charge is 2.16. The average molecular weight is 275 g/mol. The Morgan fingerprint density at radius 3 is 2.47 bits per heavy atom. The smallest absolute Gasteiger partial charge is 0.264 e. The van der Waals surface area contributed by atoms with Crippen LogP contribution < -0.4 is 11.1 Å². The predicted octanol–water partition coefficient (Wildman–Crippen LogP) is 2.01. The Bertz CT molecular complexity index is 917. The van der Waals surface area contributed by atoms with Crippen molar-refractivity contribution in [3.8, 4) is 0 Å². The van der Waals surface area contributed by atoms with Gasteiger partial charge in [0.1, 0.15) is 16.0 Å². The minimum Gasteiger partial charge on any atom is -0.313 e. The fourth-order valence-electron chi connectivity index (χ4n) is 2.49. The van der Waals surface area contributed by atoms with Crippen LogP contribution in [0.4, 0.5) is 0 Å². The van der Waals surface area contributed by atoms with Crippen molar-refractivity contribution < 1.29 is 0 Å². The average Bonchev–Trinajstić information content (AvgIpc) is 2.63. The second kappa shape index (κ2) is 4.03. The third kappa shape index (κ3) is 1.63. The molecule has 0 aromatic carbocycles. The van der Waals surface area contributed by atoms with E-state index in [2.05, 4.69) is 21.9 Å². The summed E-state index contributed by atoms with van der Waals surface area (Å²) < 4.78 is 0. The molecule has 6 heteroatoms. The molecule has 0 aliphatic heterocycles. The fraction of sp³-hybridized carbons (Fsp3) is 0.308. The fourth-order valence-corrected chi connectivity index (χ4v) is 3.63. The van der Waals surface area contributed by atoms with Crippen LogP contribution >= 0.6 is 11.3 Å². The second-order valence-corrected chi connectivity index (χ2v) is 5.75. The molecule has 0 saturated heterocycles. The molecule has 3 aromatic rings. The molecule has 19 heavy (non-hydrogen) atoms. The first-order chi connectivity index (χ1) is 9.02. The number of hydrogen-bond acceptors (Lipinski definition) is 4. The SMILES string of the molecule is CCc1c(C)sc2[nH]c(=O)c3c(=O)[nH]c(C)nc3c12. The Kier molecular flexibility index (Phi) is 2.56. The number of aryl methyl sites for hydroxylation is 3. The van der Waals surface area contributed by atoms with Crippen LogP contribution in [-0.4, -0.2) is 15.0 Å². The van der Waals surface area contributed by atoms with Crippen LogP contribution in [0.3, 0.4) is 0 Å². The van der Waals surface area contributed by atoms with Gasteiger partial charge in [0.2, 0.25) is 0 Å². The minimum atomic E-state index is -0.378. The maximum atomic E-state index is 12.0. The molecule has 0 aliphatic carbocycles. The van der Waals surface area contributed by atoms with E-state index in [0.29, 0.717) is 11.3 Å². The maximum Gasteiger partial charge on any atom is 0.264 e. The number of nitrogens with one attached hydrogen (secondary N) is 2. The molecule has 3 heterocycles. The van der Waals surface area contributed by atoms with Gasteiger partial charge in [-0.05, 0) is 25.8 Å². The quantitative estimate of drug-likeness (QED) is 0.713. The van der Waals surface area contributed by atoms with Gasteiger partial charge in [0, 0.05) is 10.3 Å². The molecule has 0 unspecified atom stereocenters. The third-order valence-corrected chi connectivity index (χ3v) is 4.35. The van der Waals surface area contributed by atoms with Crippen LogP contribution in [0.1, 0.15) is 23.2 Å². The van der Waals surface area contributed by atoms with Crippen LogP contribution in [-0.2, 0) is 6.42 Å². The lowest BCUT2D eigenvalue weighted by molar-refractivity contribution is 1.05. The Balaban J connectivity index is 2.72. The normalized spacial score (nSPS) is 11.5. The van der Waals surface area contributed by atoms with Crippen molar-refractivity contribution in [2.45, 2.75) is 27.2 Å². The van der Waals surface area contributed by atoms with Crippen LogP contribution in [0.2, 0.25) is 0 Å². The van der Waals surface area contributed by atoms with Crippen molar-refractivity contribution in [3.05, 3.63) is 37.0 Å². The van der Waals surface area contributed by atoms with Gasteiger partial charge in [-0.3, -0.25) is 9.59 Å². The van der Waals surface area contributed by atoms with Crippen molar-refractivity contribution in [1.82, 2.24) is 15.0 Å². The third-order valence-electron chi connectivity index (χ3n) is 3.29. The Morgan fingerprint density at radius 1 is 1.11 bits per heavy atom. The lowest BCUT2D eigenvalue weighted by Crippen LogP contribution is -2.20. The molecule has 0 amide bonds. The molecule has 0 aliphatic rings. The second-order valence-electron chi connectivity index (χ2n) is 4.52. The maximum absolute atomic E-state index is 12.0. The monoisotopic (exact) mass is 275 g/mol. The number of aromatic amines is 2. The molecule has 0 spiro atoms. The molecular formula is C13H13N3O2S. The summed E-state index contributed by atoms with van der Waals surface area (Å²) in [7, 11) is 0. The summed E-state index contributed by atoms with van der Waals surface area (Å²) in [6.45, 7) is 5.80. The Labute approximate surface area is 112 Å². The van der Waals surface area contributed by atoms with Gasteiger partial charge < -0.3 is 9.97 Å². The van der Waals surface area contributed by atoms with Gasteiger partial charge in [0.25, 0.3) is 11.1 Å². The molecule has 3 rings (SSSR count). The van der Waals surface area contributed by atoms with E-state index in [1.54, 1.807) is 6.92 Å². The van der Waals surface area contributed by atoms with Crippen LogP contribution in [0, 0.1) is 13.8 Å². The molecule has 3 aromatic heterocycles. The van der Waals surface area contributed by atoms with Crippen molar-refractivity contribution >= 4 is 32.5 Å².